The summed E-state index contributed by atoms with van der Waals surface area (Å²) in [5, 5.41) is 4.12. The van der Waals surface area contributed by atoms with E-state index in [1.54, 1.807) is 36.4 Å². The zero-order valence-corrected chi connectivity index (χ0v) is 15.7. The number of hydrogen-bond donors (Lipinski definition) is 1. The molecule has 2 aromatic carbocycles. The van der Waals surface area contributed by atoms with E-state index in [0.29, 0.717) is 28.1 Å². The van der Waals surface area contributed by atoms with Crippen LogP contribution in [0.2, 0.25) is 0 Å². The summed E-state index contributed by atoms with van der Waals surface area (Å²) in [4.78, 5) is 25.4. The fourth-order valence-corrected chi connectivity index (χ4v) is 3.98. The lowest BCUT2D eigenvalue weighted by Crippen LogP contribution is -2.10. The van der Waals surface area contributed by atoms with Crippen LogP contribution in [0.5, 0.6) is 5.75 Å². The van der Waals surface area contributed by atoms with Crippen molar-refractivity contribution < 1.29 is 13.9 Å². The van der Waals surface area contributed by atoms with Crippen molar-refractivity contribution in [2.75, 3.05) is 11.9 Å². The molecule has 0 radical (unpaired) electrons. The molecule has 1 N–H and O–H groups in total. The summed E-state index contributed by atoms with van der Waals surface area (Å²) in [6.07, 6.45) is 0. The molecule has 0 spiro atoms. The summed E-state index contributed by atoms with van der Waals surface area (Å²) < 4.78 is 11.5. The SMILES string of the molecule is CCOc1ccc(NC(=O)c2cc3c(=O)oc4ccc(C)cc4c3s2)cc1. The van der Waals surface area contributed by atoms with E-state index in [-0.39, 0.29) is 5.91 Å². The number of fused-ring (bicyclic) bond motifs is 3. The first-order chi connectivity index (χ1) is 13.0. The van der Waals surface area contributed by atoms with Gasteiger partial charge in [-0.3, -0.25) is 4.79 Å². The molecular formula is C21H17NO4S. The molecule has 0 unspecified atom stereocenters. The van der Waals surface area contributed by atoms with Crippen LogP contribution in [0.15, 0.2) is 57.7 Å². The summed E-state index contributed by atoms with van der Waals surface area (Å²) in [7, 11) is 0. The molecule has 2 aromatic heterocycles. The fraction of sp³-hybridized carbons (Fsp3) is 0.143. The Hall–Kier alpha value is -3.12. The Morgan fingerprint density at radius 3 is 2.63 bits per heavy atom. The van der Waals surface area contributed by atoms with Crippen LogP contribution >= 0.6 is 11.3 Å². The lowest BCUT2D eigenvalue weighted by Gasteiger charge is -2.06. The lowest BCUT2D eigenvalue weighted by atomic mass is 10.1. The molecule has 0 aliphatic carbocycles. The van der Waals surface area contributed by atoms with E-state index in [0.717, 1.165) is 21.4 Å². The number of anilines is 1. The quantitative estimate of drug-likeness (QED) is 0.509. The smallest absolute Gasteiger partial charge is 0.345 e. The van der Waals surface area contributed by atoms with Crippen LogP contribution in [0.1, 0.15) is 22.2 Å². The van der Waals surface area contributed by atoms with Crippen molar-refractivity contribution in [2.24, 2.45) is 0 Å². The minimum atomic E-state index is -0.433. The molecule has 1 amide bonds. The van der Waals surface area contributed by atoms with Crippen LogP contribution in [0.25, 0.3) is 21.1 Å². The summed E-state index contributed by atoms with van der Waals surface area (Å²) in [6, 6.07) is 14.4. The van der Waals surface area contributed by atoms with Gasteiger partial charge in [0, 0.05) is 11.1 Å². The van der Waals surface area contributed by atoms with Gasteiger partial charge in [0.05, 0.1) is 21.6 Å². The number of nitrogens with one attached hydrogen (secondary N) is 1. The molecule has 0 bridgehead atoms. The van der Waals surface area contributed by atoms with E-state index in [2.05, 4.69) is 5.32 Å². The molecule has 136 valence electrons. The Balaban J connectivity index is 1.70. The van der Waals surface area contributed by atoms with Crippen LogP contribution in [-0.4, -0.2) is 12.5 Å². The highest BCUT2D eigenvalue weighted by atomic mass is 32.1. The molecule has 27 heavy (non-hydrogen) atoms. The zero-order valence-electron chi connectivity index (χ0n) is 14.9. The zero-order chi connectivity index (χ0) is 19.0. The van der Waals surface area contributed by atoms with Crippen molar-refractivity contribution >= 4 is 44.0 Å². The van der Waals surface area contributed by atoms with Crippen LogP contribution < -0.4 is 15.7 Å². The molecule has 4 aromatic rings. The normalized spacial score (nSPS) is 11.0. The number of amides is 1. The highest BCUT2D eigenvalue weighted by Gasteiger charge is 2.16. The van der Waals surface area contributed by atoms with Crippen LogP contribution in [0.4, 0.5) is 5.69 Å². The van der Waals surface area contributed by atoms with Gasteiger partial charge >= 0.3 is 5.63 Å². The average Bonchev–Trinajstić information content (AvgIpc) is 3.11. The minimum Gasteiger partial charge on any atom is -0.494 e. The van der Waals surface area contributed by atoms with Crippen molar-refractivity contribution in [3.8, 4) is 5.75 Å². The monoisotopic (exact) mass is 379 g/mol. The molecule has 0 aliphatic heterocycles. The molecule has 2 heterocycles. The highest BCUT2D eigenvalue weighted by Crippen LogP contribution is 2.31. The van der Waals surface area contributed by atoms with Gasteiger partial charge in [-0.05, 0) is 56.3 Å². The van der Waals surface area contributed by atoms with Crippen LogP contribution in [0, 0.1) is 6.92 Å². The van der Waals surface area contributed by atoms with Gasteiger partial charge in [-0.25, -0.2) is 4.79 Å². The van der Waals surface area contributed by atoms with E-state index in [1.165, 1.54) is 11.3 Å². The van der Waals surface area contributed by atoms with Gasteiger partial charge in [0.2, 0.25) is 0 Å². The Morgan fingerprint density at radius 2 is 1.89 bits per heavy atom. The number of thiophene rings is 1. The second kappa shape index (κ2) is 6.89. The second-order valence-electron chi connectivity index (χ2n) is 6.15. The number of carbonyl (C=O) groups is 1. The van der Waals surface area contributed by atoms with Crippen molar-refractivity contribution in [3.05, 3.63) is 69.4 Å². The fourth-order valence-electron chi connectivity index (χ4n) is 2.91. The second-order valence-corrected chi connectivity index (χ2v) is 7.21. The molecule has 6 heteroatoms. The third-order valence-corrected chi connectivity index (χ3v) is 5.35. The number of benzene rings is 2. The molecule has 0 fully saturated rings. The third kappa shape index (κ3) is 3.31. The first-order valence-corrected chi connectivity index (χ1v) is 9.38. The molecule has 0 aliphatic rings. The maximum atomic E-state index is 12.6. The first-order valence-electron chi connectivity index (χ1n) is 8.56. The molecule has 4 rings (SSSR count). The van der Waals surface area contributed by atoms with Crippen LogP contribution in [0.3, 0.4) is 0 Å². The van der Waals surface area contributed by atoms with E-state index < -0.39 is 5.63 Å². The third-order valence-electron chi connectivity index (χ3n) is 4.18. The maximum Gasteiger partial charge on any atom is 0.345 e. The molecule has 0 saturated heterocycles. The van der Waals surface area contributed by atoms with E-state index >= 15 is 0 Å². The molecular weight excluding hydrogens is 362 g/mol. The Morgan fingerprint density at radius 1 is 1.11 bits per heavy atom. The summed E-state index contributed by atoms with van der Waals surface area (Å²) >= 11 is 1.29. The largest absolute Gasteiger partial charge is 0.494 e. The van der Waals surface area contributed by atoms with Crippen molar-refractivity contribution in [1.82, 2.24) is 0 Å². The van der Waals surface area contributed by atoms with Crippen molar-refractivity contribution in [3.63, 3.8) is 0 Å². The predicted octanol–water partition coefficient (Wildman–Crippen LogP) is 4.97. The number of rotatable bonds is 4. The lowest BCUT2D eigenvalue weighted by molar-refractivity contribution is 0.103. The number of hydrogen-bond acceptors (Lipinski definition) is 5. The van der Waals surface area contributed by atoms with Gasteiger partial charge in [-0.1, -0.05) is 11.6 Å². The van der Waals surface area contributed by atoms with Gasteiger partial charge in [-0.2, -0.15) is 0 Å². The Kier molecular flexibility index (Phi) is 4.41. The Labute approximate surface area is 159 Å². The number of carbonyl (C=O) groups excluding carboxylic acids is 1. The van der Waals surface area contributed by atoms with Gasteiger partial charge in [0.1, 0.15) is 11.3 Å². The number of ether oxygens (including phenoxy) is 1. The molecule has 0 saturated carbocycles. The predicted molar refractivity (Wildman–Crippen MR) is 108 cm³/mol. The first kappa shape index (κ1) is 17.3. The van der Waals surface area contributed by atoms with Gasteiger partial charge in [0.15, 0.2) is 0 Å². The Bertz CT molecular complexity index is 1200. The summed E-state index contributed by atoms with van der Waals surface area (Å²) in [6.45, 7) is 4.48. The van der Waals surface area contributed by atoms with Gasteiger partial charge in [0.25, 0.3) is 5.91 Å². The standard InChI is InChI=1S/C21H17NO4S/c1-3-25-14-7-5-13(6-8-14)22-20(23)18-11-16-19(27-18)15-10-12(2)4-9-17(15)26-21(16)24/h4-11H,3H2,1-2H3,(H,22,23). The maximum absolute atomic E-state index is 12.6. The van der Waals surface area contributed by atoms with E-state index in [9.17, 15) is 9.59 Å². The minimum absolute atomic E-state index is 0.263. The van der Waals surface area contributed by atoms with Gasteiger partial charge in [-0.15, -0.1) is 11.3 Å². The van der Waals surface area contributed by atoms with E-state index in [4.69, 9.17) is 9.15 Å². The van der Waals surface area contributed by atoms with Crippen LogP contribution in [-0.2, 0) is 0 Å². The highest BCUT2D eigenvalue weighted by molar-refractivity contribution is 7.21. The van der Waals surface area contributed by atoms with E-state index in [1.807, 2.05) is 26.0 Å². The van der Waals surface area contributed by atoms with Gasteiger partial charge < -0.3 is 14.5 Å². The summed E-state index contributed by atoms with van der Waals surface area (Å²) in [5.41, 5.74) is 1.82. The van der Waals surface area contributed by atoms with Crippen molar-refractivity contribution in [1.29, 1.82) is 0 Å². The summed E-state index contributed by atoms with van der Waals surface area (Å²) in [5.74, 6) is 0.484. The number of aryl methyl sites for hydroxylation is 1. The molecule has 5 nitrogen and oxygen atoms in total. The topological polar surface area (TPSA) is 68.5 Å². The average molecular weight is 379 g/mol. The molecule has 0 atom stereocenters. The van der Waals surface area contributed by atoms with Crippen molar-refractivity contribution in [2.45, 2.75) is 13.8 Å².